The van der Waals surface area contributed by atoms with Crippen LogP contribution in [-0.4, -0.2) is 18.8 Å². The first kappa shape index (κ1) is 20.3. The van der Waals surface area contributed by atoms with Gasteiger partial charge in [-0.15, -0.1) is 0 Å². The van der Waals surface area contributed by atoms with E-state index < -0.39 is 0 Å². The van der Waals surface area contributed by atoms with Crippen molar-refractivity contribution < 1.29 is 9.47 Å². The molecule has 1 saturated heterocycles. The first-order chi connectivity index (χ1) is 12.1. The molecular formula is C23H38O2. The van der Waals surface area contributed by atoms with Crippen molar-refractivity contribution in [3.05, 3.63) is 29.8 Å². The van der Waals surface area contributed by atoms with Crippen molar-refractivity contribution in [3.8, 4) is 5.75 Å². The van der Waals surface area contributed by atoms with E-state index in [1.807, 2.05) is 6.07 Å². The SMILES string of the molecule is CCCCCCCCC[C@H](c1cccc(OC)c1)[C@@H]1CCC(C)(C)O1. The standard InChI is InChI=1S/C23H38O2/c1-5-6-7-8-9-10-11-15-21(22-16-17-23(2,3)25-22)19-13-12-14-20(18-19)24-4/h12-14,18,21-22H,5-11,15-17H2,1-4H3/t21-,22+/m1/s1. The first-order valence-electron chi connectivity index (χ1n) is 10.4. The van der Waals surface area contributed by atoms with Gasteiger partial charge < -0.3 is 9.47 Å². The van der Waals surface area contributed by atoms with Crippen molar-refractivity contribution in [1.82, 2.24) is 0 Å². The molecule has 2 rings (SSSR count). The summed E-state index contributed by atoms with van der Waals surface area (Å²) in [5, 5.41) is 0. The summed E-state index contributed by atoms with van der Waals surface area (Å²) in [7, 11) is 1.75. The predicted octanol–water partition coefficient (Wildman–Crippen LogP) is 6.88. The minimum atomic E-state index is 0.0297. The van der Waals surface area contributed by atoms with Crippen molar-refractivity contribution in [2.45, 2.75) is 103 Å². The second-order valence-corrected chi connectivity index (χ2v) is 8.25. The van der Waals surface area contributed by atoms with Gasteiger partial charge in [-0.3, -0.25) is 0 Å². The Morgan fingerprint density at radius 3 is 2.48 bits per heavy atom. The van der Waals surface area contributed by atoms with Crippen LogP contribution in [0.5, 0.6) is 5.75 Å². The van der Waals surface area contributed by atoms with Gasteiger partial charge in [0, 0.05) is 5.92 Å². The molecule has 1 aliphatic rings. The highest BCUT2D eigenvalue weighted by Gasteiger charge is 2.36. The van der Waals surface area contributed by atoms with Gasteiger partial charge in [0.05, 0.1) is 18.8 Å². The molecule has 1 aromatic carbocycles. The van der Waals surface area contributed by atoms with Gasteiger partial charge in [0.1, 0.15) is 5.75 Å². The molecule has 0 aromatic heterocycles. The molecule has 1 aromatic rings. The van der Waals surface area contributed by atoms with Crippen LogP contribution in [0.25, 0.3) is 0 Å². The number of rotatable bonds is 11. The third-order valence-electron chi connectivity index (χ3n) is 5.59. The average molecular weight is 347 g/mol. The molecule has 2 heteroatoms. The van der Waals surface area contributed by atoms with Gasteiger partial charge in [0.15, 0.2) is 0 Å². The van der Waals surface area contributed by atoms with Gasteiger partial charge in [0.2, 0.25) is 0 Å². The molecule has 0 N–H and O–H groups in total. The number of hydrogen-bond donors (Lipinski definition) is 0. The largest absolute Gasteiger partial charge is 0.497 e. The Hall–Kier alpha value is -1.02. The van der Waals surface area contributed by atoms with Crippen molar-refractivity contribution in [2.24, 2.45) is 0 Å². The van der Waals surface area contributed by atoms with E-state index in [0.29, 0.717) is 12.0 Å². The van der Waals surface area contributed by atoms with E-state index in [2.05, 4.69) is 39.0 Å². The van der Waals surface area contributed by atoms with Gasteiger partial charge in [-0.2, -0.15) is 0 Å². The number of ether oxygens (including phenoxy) is 2. The molecule has 0 bridgehead atoms. The van der Waals surface area contributed by atoms with Crippen LogP contribution in [0.15, 0.2) is 24.3 Å². The zero-order valence-electron chi connectivity index (χ0n) is 16.9. The summed E-state index contributed by atoms with van der Waals surface area (Å²) in [4.78, 5) is 0. The Morgan fingerprint density at radius 1 is 1.12 bits per heavy atom. The lowest BCUT2D eigenvalue weighted by atomic mass is 9.86. The molecule has 0 spiro atoms. The molecule has 1 fully saturated rings. The molecule has 0 saturated carbocycles. The monoisotopic (exact) mass is 346 g/mol. The third kappa shape index (κ3) is 6.66. The predicted molar refractivity (Wildman–Crippen MR) is 107 cm³/mol. The van der Waals surface area contributed by atoms with E-state index >= 15 is 0 Å². The fourth-order valence-electron chi connectivity index (χ4n) is 4.06. The summed E-state index contributed by atoms with van der Waals surface area (Å²) in [5.41, 5.74) is 1.41. The Morgan fingerprint density at radius 2 is 1.84 bits per heavy atom. The molecule has 2 atom stereocenters. The summed E-state index contributed by atoms with van der Waals surface area (Å²) >= 11 is 0. The van der Waals surface area contributed by atoms with Gasteiger partial charge in [-0.25, -0.2) is 0 Å². The molecule has 25 heavy (non-hydrogen) atoms. The normalized spacial score (nSPS) is 20.6. The van der Waals surface area contributed by atoms with E-state index in [-0.39, 0.29) is 5.60 Å². The van der Waals surface area contributed by atoms with Crippen LogP contribution in [0.3, 0.4) is 0 Å². The summed E-state index contributed by atoms with van der Waals surface area (Å²) in [6, 6.07) is 8.61. The molecule has 1 heterocycles. The minimum absolute atomic E-state index is 0.0297. The number of unbranched alkanes of at least 4 members (excludes halogenated alkanes) is 6. The van der Waals surface area contributed by atoms with Gasteiger partial charge >= 0.3 is 0 Å². The summed E-state index contributed by atoms with van der Waals surface area (Å²) in [5.74, 6) is 1.45. The Balaban J connectivity index is 1.93. The fourth-order valence-corrected chi connectivity index (χ4v) is 4.06. The van der Waals surface area contributed by atoms with Crippen LogP contribution in [-0.2, 0) is 4.74 Å². The van der Waals surface area contributed by atoms with Crippen molar-refractivity contribution in [1.29, 1.82) is 0 Å². The van der Waals surface area contributed by atoms with Crippen LogP contribution >= 0.6 is 0 Å². The lowest BCUT2D eigenvalue weighted by Crippen LogP contribution is -2.24. The molecule has 0 radical (unpaired) electrons. The summed E-state index contributed by atoms with van der Waals surface area (Å²) in [6.45, 7) is 6.73. The van der Waals surface area contributed by atoms with E-state index in [0.717, 1.165) is 12.2 Å². The quantitative estimate of drug-likeness (QED) is 0.407. The maximum atomic E-state index is 6.41. The van der Waals surface area contributed by atoms with Gasteiger partial charge in [-0.05, 0) is 50.8 Å². The molecular weight excluding hydrogens is 308 g/mol. The highest BCUT2D eigenvalue weighted by molar-refractivity contribution is 5.31. The third-order valence-corrected chi connectivity index (χ3v) is 5.59. The zero-order chi connectivity index (χ0) is 18.1. The van der Waals surface area contributed by atoms with Crippen LogP contribution in [0.1, 0.15) is 96.5 Å². The highest BCUT2D eigenvalue weighted by Crippen LogP contribution is 2.40. The molecule has 1 aliphatic heterocycles. The molecule has 142 valence electrons. The molecule has 0 aliphatic carbocycles. The zero-order valence-corrected chi connectivity index (χ0v) is 16.9. The maximum Gasteiger partial charge on any atom is 0.119 e. The maximum absolute atomic E-state index is 6.41. The van der Waals surface area contributed by atoms with E-state index in [1.165, 1.54) is 63.4 Å². The van der Waals surface area contributed by atoms with Crippen molar-refractivity contribution in [2.75, 3.05) is 7.11 Å². The molecule has 2 nitrogen and oxygen atoms in total. The molecule has 0 amide bonds. The van der Waals surface area contributed by atoms with E-state index in [1.54, 1.807) is 7.11 Å². The minimum Gasteiger partial charge on any atom is -0.497 e. The number of methoxy groups -OCH3 is 1. The van der Waals surface area contributed by atoms with Crippen LogP contribution in [0, 0.1) is 0 Å². The van der Waals surface area contributed by atoms with Gasteiger partial charge in [-0.1, -0.05) is 64.0 Å². The highest BCUT2D eigenvalue weighted by atomic mass is 16.5. The molecule has 0 unspecified atom stereocenters. The number of benzene rings is 1. The van der Waals surface area contributed by atoms with E-state index in [9.17, 15) is 0 Å². The Kier molecular flexibility index (Phi) is 8.29. The topological polar surface area (TPSA) is 18.5 Å². The van der Waals surface area contributed by atoms with Crippen LogP contribution in [0.2, 0.25) is 0 Å². The fraction of sp³-hybridized carbons (Fsp3) is 0.739. The van der Waals surface area contributed by atoms with Crippen LogP contribution < -0.4 is 4.74 Å². The average Bonchev–Trinajstić information content (AvgIpc) is 2.97. The van der Waals surface area contributed by atoms with Gasteiger partial charge in [0.25, 0.3) is 0 Å². The lowest BCUT2D eigenvalue weighted by Gasteiger charge is -2.27. The van der Waals surface area contributed by atoms with E-state index in [4.69, 9.17) is 9.47 Å². The summed E-state index contributed by atoms with van der Waals surface area (Å²) in [6.07, 6.45) is 13.4. The smallest absolute Gasteiger partial charge is 0.119 e. The lowest BCUT2D eigenvalue weighted by molar-refractivity contribution is -0.0280. The second-order valence-electron chi connectivity index (χ2n) is 8.25. The van der Waals surface area contributed by atoms with Crippen LogP contribution in [0.4, 0.5) is 0 Å². The Labute approximate surface area is 155 Å². The Bertz CT molecular complexity index is 495. The number of hydrogen-bond acceptors (Lipinski definition) is 2. The second kappa shape index (κ2) is 10.2. The van der Waals surface area contributed by atoms with Crippen molar-refractivity contribution >= 4 is 0 Å². The van der Waals surface area contributed by atoms with Crippen molar-refractivity contribution in [3.63, 3.8) is 0 Å². The summed E-state index contributed by atoms with van der Waals surface area (Å²) < 4.78 is 11.9. The first-order valence-corrected chi connectivity index (χ1v) is 10.4.